The number of hydrogen-bond donors (Lipinski definition) is 0. The van der Waals surface area contributed by atoms with Crippen molar-refractivity contribution >= 4 is 0 Å². The van der Waals surface area contributed by atoms with Crippen molar-refractivity contribution in [3.8, 4) is 11.4 Å². The van der Waals surface area contributed by atoms with E-state index in [1.54, 1.807) is 19.2 Å². The van der Waals surface area contributed by atoms with E-state index in [9.17, 15) is 9.18 Å². The van der Waals surface area contributed by atoms with E-state index >= 15 is 0 Å². The van der Waals surface area contributed by atoms with Gasteiger partial charge < -0.3 is 9.09 Å². The molecule has 1 aliphatic carbocycles. The zero-order valence-electron chi connectivity index (χ0n) is 11.5. The Morgan fingerprint density at radius 2 is 2.05 bits per heavy atom. The Labute approximate surface area is 115 Å². The van der Waals surface area contributed by atoms with Crippen LogP contribution in [-0.4, -0.2) is 14.7 Å². The van der Waals surface area contributed by atoms with E-state index in [1.165, 1.54) is 4.57 Å². The van der Waals surface area contributed by atoms with Crippen molar-refractivity contribution in [1.29, 1.82) is 0 Å². The Morgan fingerprint density at radius 3 is 2.75 bits per heavy atom. The highest BCUT2D eigenvalue weighted by Gasteiger charge is 2.41. The van der Waals surface area contributed by atoms with E-state index in [4.69, 9.17) is 4.52 Å². The van der Waals surface area contributed by atoms with Crippen LogP contribution >= 0.6 is 0 Å². The lowest BCUT2D eigenvalue weighted by atomic mass is 10.1. The van der Waals surface area contributed by atoms with Crippen molar-refractivity contribution in [2.45, 2.75) is 38.3 Å². The van der Waals surface area contributed by atoms with Crippen LogP contribution in [0.25, 0.3) is 11.4 Å². The van der Waals surface area contributed by atoms with Gasteiger partial charge in [-0.2, -0.15) is 4.98 Å². The van der Waals surface area contributed by atoms with Crippen LogP contribution in [0.2, 0.25) is 0 Å². The molecular weight excluding hydrogens is 261 g/mol. The summed E-state index contributed by atoms with van der Waals surface area (Å²) in [7, 11) is 1.68. The number of hydrogen-bond acceptors (Lipinski definition) is 4. The smallest absolute Gasteiger partial charge is 0.264 e. The average Bonchev–Trinajstić information content (AvgIpc) is 3.06. The number of aryl methyl sites for hydroxylation is 1. The second-order valence-electron chi connectivity index (χ2n) is 5.35. The minimum Gasteiger partial charge on any atom is -0.335 e. The molecular formula is C14H16FN3O2. The minimum absolute atomic E-state index is 0.00683. The third kappa shape index (κ3) is 1.95. The molecule has 1 aliphatic rings. The Bertz CT molecular complexity index is 699. The molecule has 0 unspecified atom stereocenters. The predicted octanol–water partition coefficient (Wildman–Crippen LogP) is 2.48. The Morgan fingerprint density at radius 1 is 1.35 bits per heavy atom. The van der Waals surface area contributed by atoms with Crippen LogP contribution in [-0.2, 0) is 12.7 Å². The molecule has 1 fully saturated rings. The minimum atomic E-state index is -1.53. The molecule has 0 N–H and O–H groups in total. The lowest BCUT2D eigenvalue weighted by Crippen LogP contribution is -2.20. The molecule has 3 rings (SSSR count). The van der Waals surface area contributed by atoms with Crippen molar-refractivity contribution in [3.05, 3.63) is 34.1 Å². The molecule has 0 saturated heterocycles. The molecule has 2 aromatic rings. The number of alkyl halides is 1. The highest BCUT2D eigenvalue weighted by Crippen LogP contribution is 2.41. The number of aromatic nitrogens is 3. The standard InChI is InChI=1S/C14H16FN3O2/c1-9-5-6-10(12(19)18(9)2)11-16-13(20-17-11)14(15)7-3-4-8-14/h5-6H,3-4,7-8H2,1-2H3. The topological polar surface area (TPSA) is 60.9 Å². The lowest BCUT2D eigenvalue weighted by Gasteiger charge is -2.11. The van der Waals surface area contributed by atoms with Crippen LogP contribution in [0, 0.1) is 6.92 Å². The maximum Gasteiger partial charge on any atom is 0.264 e. The zero-order chi connectivity index (χ0) is 14.3. The van der Waals surface area contributed by atoms with Crippen molar-refractivity contribution in [2.24, 2.45) is 7.05 Å². The van der Waals surface area contributed by atoms with Crippen LogP contribution < -0.4 is 5.56 Å². The first-order valence-electron chi connectivity index (χ1n) is 6.71. The summed E-state index contributed by atoms with van der Waals surface area (Å²) in [6.07, 6.45) is 2.45. The molecule has 0 bridgehead atoms. The summed E-state index contributed by atoms with van der Waals surface area (Å²) in [6.45, 7) is 1.84. The van der Waals surface area contributed by atoms with E-state index < -0.39 is 5.67 Å². The molecule has 2 aromatic heterocycles. The molecule has 2 heterocycles. The third-order valence-corrected chi connectivity index (χ3v) is 4.00. The quantitative estimate of drug-likeness (QED) is 0.846. The van der Waals surface area contributed by atoms with Gasteiger partial charge in [0.1, 0.15) is 0 Å². The van der Waals surface area contributed by atoms with E-state index in [-0.39, 0.29) is 17.3 Å². The maximum absolute atomic E-state index is 14.5. The molecule has 0 aromatic carbocycles. The summed E-state index contributed by atoms with van der Waals surface area (Å²) in [6, 6.07) is 3.44. The van der Waals surface area contributed by atoms with Gasteiger partial charge in [0.2, 0.25) is 5.82 Å². The Kier molecular flexibility index (Phi) is 2.96. The fraction of sp³-hybridized carbons (Fsp3) is 0.500. The summed E-state index contributed by atoms with van der Waals surface area (Å²) < 4.78 is 21.1. The van der Waals surface area contributed by atoms with Gasteiger partial charge in [-0.05, 0) is 44.7 Å². The van der Waals surface area contributed by atoms with E-state index in [0.717, 1.165) is 18.5 Å². The van der Waals surface area contributed by atoms with Gasteiger partial charge in [-0.25, -0.2) is 4.39 Å². The molecule has 20 heavy (non-hydrogen) atoms. The highest BCUT2D eigenvalue weighted by atomic mass is 19.1. The zero-order valence-corrected chi connectivity index (χ0v) is 11.5. The van der Waals surface area contributed by atoms with Gasteiger partial charge in [-0.3, -0.25) is 4.79 Å². The lowest BCUT2D eigenvalue weighted by molar-refractivity contribution is 0.118. The molecule has 1 saturated carbocycles. The van der Waals surface area contributed by atoms with E-state index in [2.05, 4.69) is 10.1 Å². The monoisotopic (exact) mass is 277 g/mol. The first-order chi connectivity index (χ1) is 9.51. The molecule has 0 aliphatic heterocycles. The van der Waals surface area contributed by atoms with Crippen LogP contribution in [0.3, 0.4) is 0 Å². The van der Waals surface area contributed by atoms with Gasteiger partial charge in [0, 0.05) is 12.7 Å². The number of nitrogens with zero attached hydrogens (tertiary/aromatic N) is 3. The van der Waals surface area contributed by atoms with Gasteiger partial charge >= 0.3 is 0 Å². The summed E-state index contributed by atoms with van der Waals surface area (Å²) in [4.78, 5) is 16.2. The largest absolute Gasteiger partial charge is 0.335 e. The first kappa shape index (κ1) is 13.0. The maximum atomic E-state index is 14.5. The van der Waals surface area contributed by atoms with Crippen LogP contribution in [0.15, 0.2) is 21.5 Å². The second-order valence-corrected chi connectivity index (χ2v) is 5.35. The fourth-order valence-electron chi connectivity index (χ4n) is 2.56. The molecule has 0 spiro atoms. The summed E-state index contributed by atoms with van der Waals surface area (Å²) in [5.41, 5.74) is -0.576. The van der Waals surface area contributed by atoms with Crippen LogP contribution in [0.4, 0.5) is 4.39 Å². The Hall–Kier alpha value is -1.98. The fourth-order valence-corrected chi connectivity index (χ4v) is 2.56. The van der Waals surface area contributed by atoms with E-state index in [1.807, 2.05) is 6.92 Å². The van der Waals surface area contributed by atoms with Crippen molar-refractivity contribution in [1.82, 2.24) is 14.7 Å². The van der Waals surface area contributed by atoms with Crippen molar-refractivity contribution in [2.75, 3.05) is 0 Å². The molecule has 0 radical (unpaired) electrons. The number of pyridine rings is 1. The molecule has 0 atom stereocenters. The second kappa shape index (κ2) is 4.54. The number of halogens is 1. The SMILES string of the molecule is Cc1ccc(-c2noc(C3(F)CCCC3)n2)c(=O)n1C. The molecule has 106 valence electrons. The normalized spacial score (nSPS) is 17.6. The predicted molar refractivity (Wildman–Crippen MR) is 71.0 cm³/mol. The molecule has 5 nitrogen and oxygen atoms in total. The first-order valence-corrected chi connectivity index (χ1v) is 6.71. The van der Waals surface area contributed by atoms with Gasteiger partial charge in [0.15, 0.2) is 5.67 Å². The van der Waals surface area contributed by atoms with Crippen LogP contribution in [0.1, 0.15) is 37.3 Å². The van der Waals surface area contributed by atoms with Crippen molar-refractivity contribution < 1.29 is 8.91 Å². The molecule has 6 heteroatoms. The Balaban J connectivity index is 2.03. The van der Waals surface area contributed by atoms with Gasteiger partial charge in [-0.1, -0.05) is 5.16 Å². The van der Waals surface area contributed by atoms with Gasteiger partial charge in [0.05, 0.1) is 5.56 Å². The summed E-state index contributed by atoms with van der Waals surface area (Å²) in [5, 5.41) is 3.77. The van der Waals surface area contributed by atoms with Gasteiger partial charge in [0.25, 0.3) is 11.4 Å². The van der Waals surface area contributed by atoms with Gasteiger partial charge in [-0.15, -0.1) is 0 Å². The third-order valence-electron chi connectivity index (χ3n) is 4.00. The summed E-state index contributed by atoms with van der Waals surface area (Å²) >= 11 is 0. The van der Waals surface area contributed by atoms with E-state index in [0.29, 0.717) is 18.4 Å². The van der Waals surface area contributed by atoms with Crippen molar-refractivity contribution in [3.63, 3.8) is 0 Å². The number of rotatable bonds is 2. The highest BCUT2D eigenvalue weighted by molar-refractivity contribution is 5.52. The average molecular weight is 277 g/mol. The molecule has 0 amide bonds. The summed E-state index contributed by atoms with van der Waals surface area (Å²) in [5.74, 6) is 0.150. The van der Waals surface area contributed by atoms with Crippen LogP contribution in [0.5, 0.6) is 0 Å².